The van der Waals surface area contributed by atoms with Gasteiger partial charge in [0.1, 0.15) is 26.5 Å². The number of amides is 1. The summed E-state index contributed by atoms with van der Waals surface area (Å²) >= 11 is 6.62. The monoisotopic (exact) mass is 934 g/mol. The number of carbonyl (C=O) groups is 3. The molecule has 0 radical (unpaired) electrons. The number of rotatable bonds is 18. The van der Waals surface area contributed by atoms with Gasteiger partial charge in [0.05, 0.1) is 49.8 Å². The molecule has 7 atom stereocenters. The molecule has 13 heteroatoms. The van der Waals surface area contributed by atoms with E-state index in [1.54, 1.807) is 37.9 Å². The summed E-state index contributed by atoms with van der Waals surface area (Å²) in [5.74, 6) is 1.38. The maximum atomic E-state index is 14.3. The first kappa shape index (κ1) is 46.3. The Morgan fingerprint density at radius 2 is 1.12 bits per heavy atom. The van der Waals surface area contributed by atoms with Crippen molar-refractivity contribution in [2.45, 2.75) is 67.4 Å². The summed E-state index contributed by atoms with van der Waals surface area (Å²) in [7, 11) is 7.12. The number of ether oxygens (including phenoxy) is 4. The van der Waals surface area contributed by atoms with E-state index in [1.165, 1.54) is 29.1 Å². The molecule has 64 heavy (non-hydrogen) atoms. The highest BCUT2D eigenvalue weighted by molar-refractivity contribution is 8.18. The minimum Gasteiger partial charge on any atom is -0.497 e. The summed E-state index contributed by atoms with van der Waals surface area (Å²) in [5.41, 5.74) is 6.34. The largest absolute Gasteiger partial charge is 0.497 e. The van der Waals surface area contributed by atoms with Crippen molar-refractivity contribution in [2.24, 2.45) is 0 Å². The maximum absolute atomic E-state index is 14.3. The Bertz CT molecular complexity index is 2340. The van der Waals surface area contributed by atoms with Crippen LogP contribution >= 0.6 is 47.0 Å². The lowest BCUT2D eigenvalue weighted by molar-refractivity contribution is -0.136. The fraction of sp³-hybridized carbons (Fsp3) is 0.353. The molecule has 1 aliphatic carbocycles. The number of carbonyl (C=O) groups excluding carboxylic acids is 3. The minimum absolute atomic E-state index is 0.0393. The van der Waals surface area contributed by atoms with E-state index in [9.17, 15) is 14.4 Å². The van der Waals surface area contributed by atoms with Gasteiger partial charge in [-0.05, 0) is 77.5 Å². The molecule has 9 nitrogen and oxygen atoms in total. The molecule has 3 aliphatic rings. The number of fused-ring (bicyclic) bond motifs is 1. The van der Waals surface area contributed by atoms with Gasteiger partial charge in [0.25, 0.3) is 0 Å². The minimum atomic E-state index is -1.17. The van der Waals surface area contributed by atoms with Crippen LogP contribution < -0.4 is 9.47 Å². The zero-order valence-electron chi connectivity index (χ0n) is 36.5. The number of likely N-dealkylation sites (N-methyl/N-ethyl adjacent to an activating group) is 2. The van der Waals surface area contributed by atoms with Crippen molar-refractivity contribution in [3.63, 3.8) is 0 Å². The highest BCUT2D eigenvalue weighted by atomic mass is 32.2. The van der Waals surface area contributed by atoms with Crippen molar-refractivity contribution < 1.29 is 33.3 Å². The Labute approximate surface area is 393 Å². The number of aldehydes is 2. The molecule has 5 aromatic carbocycles. The van der Waals surface area contributed by atoms with Gasteiger partial charge in [-0.3, -0.25) is 14.5 Å². The summed E-state index contributed by atoms with van der Waals surface area (Å²) in [6.07, 6.45) is 4.08. The average molecular weight is 935 g/mol. The molecule has 334 valence electrons. The Morgan fingerprint density at radius 3 is 1.67 bits per heavy atom. The average Bonchev–Trinajstić information content (AvgIpc) is 4.07. The molecule has 5 unspecified atom stereocenters. The molecule has 1 saturated carbocycles. The first-order valence-corrected chi connectivity index (χ1v) is 24.9. The highest BCUT2D eigenvalue weighted by Gasteiger charge is 2.64. The molecule has 2 heterocycles. The van der Waals surface area contributed by atoms with E-state index in [0.29, 0.717) is 19.6 Å². The van der Waals surface area contributed by atoms with Crippen LogP contribution in [0.2, 0.25) is 0 Å². The highest BCUT2D eigenvalue weighted by Crippen LogP contribution is 2.66. The predicted molar refractivity (Wildman–Crippen MR) is 261 cm³/mol. The third-order valence-corrected chi connectivity index (χ3v) is 19.1. The SMILES string of the molecule is COc1ccc(C2SC(COCc3ccccc3)C(=O)N(C)[C@@](C=O)(Cc3ccc(CC45CC4N(C)[C@@](C=O)(COCc4ccccc4)SC(c4ccc(OC)cc4)S5)cc3)S2)cc1. The van der Waals surface area contributed by atoms with Crippen molar-refractivity contribution in [1.29, 1.82) is 0 Å². The van der Waals surface area contributed by atoms with Crippen molar-refractivity contribution in [3.05, 3.63) is 167 Å². The molecule has 0 aromatic heterocycles. The van der Waals surface area contributed by atoms with E-state index in [0.717, 1.165) is 64.7 Å². The molecule has 0 spiro atoms. The van der Waals surface area contributed by atoms with Gasteiger partial charge in [-0.2, -0.15) is 0 Å². The summed E-state index contributed by atoms with van der Waals surface area (Å²) < 4.78 is 23.0. The van der Waals surface area contributed by atoms with Gasteiger partial charge in [-0.1, -0.05) is 109 Å². The molecule has 8 rings (SSSR count). The predicted octanol–water partition coefficient (Wildman–Crippen LogP) is 9.64. The molecule has 3 fully saturated rings. The first-order valence-electron chi connectivity index (χ1n) is 21.3. The van der Waals surface area contributed by atoms with Gasteiger partial charge in [-0.15, -0.1) is 47.0 Å². The van der Waals surface area contributed by atoms with Crippen LogP contribution in [0.5, 0.6) is 11.5 Å². The molecule has 2 aliphatic heterocycles. The van der Waals surface area contributed by atoms with E-state index in [4.69, 9.17) is 18.9 Å². The molecule has 2 saturated heterocycles. The van der Waals surface area contributed by atoms with Gasteiger partial charge in [0.15, 0.2) is 12.6 Å². The molecular weight excluding hydrogens is 881 g/mol. The number of hydrogen-bond acceptors (Lipinski definition) is 12. The van der Waals surface area contributed by atoms with Crippen molar-refractivity contribution in [3.8, 4) is 11.5 Å². The third-order valence-electron chi connectivity index (χ3n) is 12.4. The fourth-order valence-electron chi connectivity index (χ4n) is 8.45. The Morgan fingerprint density at radius 1 is 0.609 bits per heavy atom. The Balaban J connectivity index is 1.02. The van der Waals surface area contributed by atoms with Crippen LogP contribution in [0.25, 0.3) is 0 Å². The third kappa shape index (κ3) is 10.3. The van der Waals surface area contributed by atoms with Gasteiger partial charge in [0, 0.05) is 24.3 Å². The quantitative estimate of drug-likeness (QED) is 0.0784. The Hall–Kier alpha value is -4.21. The van der Waals surface area contributed by atoms with E-state index in [2.05, 4.69) is 48.3 Å². The zero-order chi connectivity index (χ0) is 44.7. The molecule has 1 amide bonds. The smallest absolute Gasteiger partial charge is 0.239 e. The van der Waals surface area contributed by atoms with Crippen LogP contribution in [0.4, 0.5) is 0 Å². The number of benzene rings is 5. The van der Waals surface area contributed by atoms with Crippen LogP contribution in [0.3, 0.4) is 0 Å². The number of hydrogen-bond donors (Lipinski definition) is 0. The second-order valence-electron chi connectivity index (χ2n) is 16.6. The van der Waals surface area contributed by atoms with E-state index >= 15 is 0 Å². The summed E-state index contributed by atoms with van der Waals surface area (Å²) in [4.78, 5) is 43.0. The standard InChI is InChI=1S/C51H54N2O7S4/c1-52-45-29-49(45,62-48(41-21-25-43(58-4)26-22-41)64-51(52,34-55)35-60-31-39-13-9-6-10-14-39)27-36-15-17-37(18-16-36)28-50(33-54)53(2)46(56)44(32-59-30-38-11-7-5-8-12-38)61-47(63-50)40-19-23-42(57-3)24-20-40/h5-26,33-34,44-45,47-48H,27-32,35H2,1-4H3/t44?,45?,47?,48?,49?,50-,51+/m0/s1. The summed E-state index contributed by atoms with van der Waals surface area (Å²) in [6.45, 7) is 1.28. The lowest BCUT2D eigenvalue weighted by Crippen LogP contribution is -2.52. The molecule has 0 bridgehead atoms. The van der Waals surface area contributed by atoms with Crippen LogP contribution in [0.15, 0.2) is 133 Å². The number of methoxy groups -OCH3 is 2. The van der Waals surface area contributed by atoms with E-state index in [-0.39, 0.29) is 39.1 Å². The fourth-order valence-corrected chi connectivity index (χ4v) is 15.8. The van der Waals surface area contributed by atoms with Crippen molar-refractivity contribution in [1.82, 2.24) is 9.80 Å². The van der Waals surface area contributed by atoms with Crippen LogP contribution in [0.1, 0.15) is 49.0 Å². The first-order chi connectivity index (χ1) is 31.1. The lowest BCUT2D eigenvalue weighted by atomic mass is 10.0. The van der Waals surface area contributed by atoms with E-state index < -0.39 is 15.0 Å². The zero-order valence-corrected chi connectivity index (χ0v) is 39.8. The molecule has 5 aromatic rings. The maximum Gasteiger partial charge on any atom is 0.239 e. The van der Waals surface area contributed by atoms with Gasteiger partial charge < -0.3 is 28.6 Å². The van der Waals surface area contributed by atoms with Gasteiger partial charge in [-0.25, -0.2) is 0 Å². The van der Waals surface area contributed by atoms with Crippen molar-refractivity contribution in [2.75, 3.05) is 41.5 Å². The molecular formula is C51H54N2O7S4. The second-order valence-corrected chi connectivity index (χ2v) is 22.8. The second kappa shape index (κ2) is 20.5. The summed E-state index contributed by atoms with van der Waals surface area (Å²) in [6, 6.07) is 44.7. The summed E-state index contributed by atoms with van der Waals surface area (Å²) in [5, 5.41) is -0.522. The van der Waals surface area contributed by atoms with Crippen LogP contribution in [0, 0.1) is 0 Å². The van der Waals surface area contributed by atoms with Crippen molar-refractivity contribution >= 4 is 65.5 Å². The van der Waals surface area contributed by atoms with Crippen LogP contribution in [-0.4, -0.2) is 95.6 Å². The number of thioether (sulfide) groups is 4. The topological polar surface area (TPSA) is 94.6 Å². The van der Waals surface area contributed by atoms with E-state index in [1.807, 2.05) is 109 Å². The molecule has 0 N–H and O–H groups in total. The van der Waals surface area contributed by atoms with Gasteiger partial charge in [0.2, 0.25) is 5.91 Å². The lowest BCUT2D eigenvalue weighted by Gasteiger charge is -2.37. The Kier molecular flexibility index (Phi) is 14.9. The van der Waals surface area contributed by atoms with Crippen LogP contribution in [-0.2, 0) is 49.9 Å². The normalized spacial score (nSPS) is 26.9. The van der Waals surface area contributed by atoms with Gasteiger partial charge >= 0.3 is 0 Å². The number of nitrogens with zero attached hydrogens (tertiary/aromatic N) is 2.